The fourth-order valence-electron chi connectivity index (χ4n) is 5.35. The van der Waals surface area contributed by atoms with Crippen LogP contribution in [0, 0.1) is 35.0 Å². The number of hydrogen-bond acceptors (Lipinski definition) is 2. The van der Waals surface area contributed by atoms with Crippen molar-refractivity contribution < 1.29 is 9.90 Å². The third-order valence-electron chi connectivity index (χ3n) is 7.38. The molecule has 3 nitrogen and oxygen atoms in total. The number of hydrogen-bond donors (Lipinski definition) is 1. The van der Waals surface area contributed by atoms with Crippen LogP contribution in [0.2, 0.25) is 0 Å². The number of fused-ring (bicyclic) bond motifs is 3. The Labute approximate surface area is 158 Å². The van der Waals surface area contributed by atoms with Gasteiger partial charge < -0.3 is 10.0 Å². The van der Waals surface area contributed by atoms with Crippen LogP contribution in [0.3, 0.4) is 0 Å². The molecule has 5 atom stereocenters. The largest absolute Gasteiger partial charge is 0.395 e. The standard InChI is InChI=1S/C23H35NO2/c1-15(2)16(3)6-7-17(4)19-8-9-20-18-14-22(26)24(12-13-25)21(18)10-11-23(19,20)5/h6-7,10,14-17,19-20,25H,8-9,11-13H2,1-5H3/b7-6+/t16-,17+,19+,20-,23-/m0/s1. The summed E-state index contributed by atoms with van der Waals surface area (Å²) in [5, 5.41) is 9.28. The first-order chi connectivity index (χ1) is 12.3. The zero-order valence-electron chi connectivity index (χ0n) is 17.0. The molecule has 0 aromatic rings. The maximum absolute atomic E-state index is 12.4. The summed E-state index contributed by atoms with van der Waals surface area (Å²) in [6.07, 6.45) is 12.4. The van der Waals surface area contributed by atoms with Crippen molar-refractivity contribution in [1.29, 1.82) is 0 Å². The highest BCUT2D eigenvalue weighted by Crippen LogP contribution is 2.60. The van der Waals surface area contributed by atoms with Crippen molar-refractivity contribution in [3.63, 3.8) is 0 Å². The molecule has 1 heterocycles. The molecule has 0 aromatic carbocycles. The Hall–Kier alpha value is -1.35. The average molecular weight is 358 g/mol. The van der Waals surface area contributed by atoms with E-state index in [1.807, 2.05) is 6.08 Å². The SMILES string of the molecule is CC(C)[C@@H](C)/C=C/[C@@H](C)[C@H]1CC[C@H]2C3=CC(=O)N(CCO)C3=CC[C@@]12C. The first-order valence-electron chi connectivity index (χ1n) is 10.3. The van der Waals surface area contributed by atoms with Crippen LogP contribution in [0.1, 0.15) is 53.9 Å². The van der Waals surface area contributed by atoms with Crippen LogP contribution in [-0.4, -0.2) is 29.1 Å². The Balaban J connectivity index is 1.81. The van der Waals surface area contributed by atoms with E-state index < -0.39 is 0 Å². The van der Waals surface area contributed by atoms with E-state index in [-0.39, 0.29) is 17.9 Å². The van der Waals surface area contributed by atoms with E-state index in [0.29, 0.717) is 36.1 Å². The number of nitrogens with zero attached hydrogens (tertiary/aromatic N) is 1. The summed E-state index contributed by atoms with van der Waals surface area (Å²) in [6.45, 7) is 12.1. The lowest BCUT2D eigenvalue weighted by Crippen LogP contribution is -2.37. The smallest absolute Gasteiger partial charge is 0.251 e. The topological polar surface area (TPSA) is 40.5 Å². The predicted molar refractivity (Wildman–Crippen MR) is 106 cm³/mol. The van der Waals surface area contributed by atoms with Crippen molar-refractivity contribution in [2.24, 2.45) is 35.0 Å². The van der Waals surface area contributed by atoms with Crippen molar-refractivity contribution in [1.82, 2.24) is 4.90 Å². The van der Waals surface area contributed by atoms with Gasteiger partial charge in [0.15, 0.2) is 0 Å². The number of carbonyl (C=O) groups is 1. The third-order valence-corrected chi connectivity index (χ3v) is 7.38. The van der Waals surface area contributed by atoms with Gasteiger partial charge in [-0.05, 0) is 59.8 Å². The Kier molecular flexibility index (Phi) is 5.48. The zero-order valence-corrected chi connectivity index (χ0v) is 17.0. The molecule has 1 aliphatic heterocycles. The highest BCUT2D eigenvalue weighted by atomic mass is 16.3. The molecule has 1 amide bonds. The maximum atomic E-state index is 12.4. The van der Waals surface area contributed by atoms with Crippen LogP contribution in [0.15, 0.2) is 35.6 Å². The minimum Gasteiger partial charge on any atom is -0.395 e. The summed E-state index contributed by atoms with van der Waals surface area (Å²) < 4.78 is 0. The van der Waals surface area contributed by atoms with Gasteiger partial charge >= 0.3 is 0 Å². The number of β-amino-alcohol motifs (C(OH)–C–C–N with tert-alkyl or cyclic N) is 1. The van der Waals surface area contributed by atoms with Gasteiger partial charge in [0, 0.05) is 18.3 Å². The Morgan fingerprint density at radius 3 is 2.65 bits per heavy atom. The molecule has 26 heavy (non-hydrogen) atoms. The van der Waals surface area contributed by atoms with Crippen molar-refractivity contribution in [2.75, 3.05) is 13.2 Å². The van der Waals surface area contributed by atoms with E-state index in [4.69, 9.17) is 0 Å². The highest BCUT2D eigenvalue weighted by Gasteiger charge is 2.52. The van der Waals surface area contributed by atoms with Gasteiger partial charge in [-0.3, -0.25) is 4.79 Å². The molecule has 0 bridgehead atoms. The molecule has 0 saturated heterocycles. The maximum Gasteiger partial charge on any atom is 0.251 e. The highest BCUT2D eigenvalue weighted by molar-refractivity contribution is 5.95. The van der Waals surface area contributed by atoms with Crippen molar-refractivity contribution in [3.05, 3.63) is 35.6 Å². The van der Waals surface area contributed by atoms with Crippen LogP contribution in [0.25, 0.3) is 0 Å². The minimum atomic E-state index is 0.0185. The predicted octanol–water partition coefficient (Wildman–Crippen LogP) is 4.55. The number of carbonyl (C=O) groups excluding carboxylic acids is 1. The summed E-state index contributed by atoms with van der Waals surface area (Å²) in [7, 11) is 0. The molecule has 1 N–H and O–H groups in total. The van der Waals surface area contributed by atoms with Gasteiger partial charge in [0.05, 0.1) is 6.61 Å². The van der Waals surface area contributed by atoms with E-state index in [9.17, 15) is 9.90 Å². The van der Waals surface area contributed by atoms with Gasteiger partial charge in [-0.25, -0.2) is 0 Å². The van der Waals surface area contributed by atoms with Gasteiger partial charge in [-0.15, -0.1) is 0 Å². The van der Waals surface area contributed by atoms with Gasteiger partial charge in [0.1, 0.15) is 0 Å². The van der Waals surface area contributed by atoms with Crippen molar-refractivity contribution >= 4 is 5.91 Å². The molecule has 0 aromatic heterocycles. The quantitative estimate of drug-likeness (QED) is 0.708. The summed E-state index contributed by atoms with van der Waals surface area (Å²) in [6, 6.07) is 0. The lowest BCUT2D eigenvalue weighted by Gasteiger charge is -2.43. The molecule has 1 fully saturated rings. The van der Waals surface area contributed by atoms with Gasteiger partial charge in [0.25, 0.3) is 5.91 Å². The molecule has 3 heteroatoms. The third kappa shape index (κ3) is 3.19. The summed E-state index contributed by atoms with van der Waals surface area (Å²) in [5.74, 6) is 3.03. The number of rotatable bonds is 6. The summed E-state index contributed by atoms with van der Waals surface area (Å²) in [4.78, 5) is 14.1. The fourth-order valence-corrected chi connectivity index (χ4v) is 5.35. The molecule has 0 unspecified atom stereocenters. The Morgan fingerprint density at radius 2 is 2.00 bits per heavy atom. The zero-order chi connectivity index (χ0) is 19.1. The van der Waals surface area contributed by atoms with Crippen molar-refractivity contribution in [3.8, 4) is 0 Å². The summed E-state index contributed by atoms with van der Waals surface area (Å²) >= 11 is 0. The molecule has 144 valence electrons. The van der Waals surface area contributed by atoms with E-state index in [0.717, 1.165) is 12.1 Å². The molecule has 0 spiro atoms. The second-order valence-electron chi connectivity index (χ2n) is 9.20. The van der Waals surface area contributed by atoms with Gasteiger partial charge in [-0.1, -0.05) is 52.8 Å². The van der Waals surface area contributed by atoms with E-state index >= 15 is 0 Å². The molecular formula is C23H35NO2. The van der Waals surface area contributed by atoms with E-state index in [2.05, 4.69) is 52.8 Å². The first-order valence-corrected chi connectivity index (χ1v) is 10.3. The van der Waals surface area contributed by atoms with Crippen LogP contribution in [0.4, 0.5) is 0 Å². The van der Waals surface area contributed by atoms with Crippen molar-refractivity contribution in [2.45, 2.75) is 53.9 Å². The number of aliphatic hydroxyl groups excluding tert-OH is 1. The Morgan fingerprint density at radius 1 is 1.27 bits per heavy atom. The second kappa shape index (κ2) is 7.34. The molecule has 3 aliphatic rings. The Bertz CT molecular complexity index is 645. The van der Waals surface area contributed by atoms with Crippen LogP contribution < -0.4 is 0 Å². The molecule has 0 radical (unpaired) electrons. The fraction of sp³-hybridized carbons (Fsp3) is 0.696. The monoisotopic (exact) mass is 357 g/mol. The number of aliphatic hydroxyl groups is 1. The van der Waals surface area contributed by atoms with Crippen LogP contribution >= 0.6 is 0 Å². The van der Waals surface area contributed by atoms with Crippen LogP contribution in [-0.2, 0) is 4.79 Å². The minimum absolute atomic E-state index is 0.0185. The molecular weight excluding hydrogens is 322 g/mol. The van der Waals surface area contributed by atoms with Crippen LogP contribution in [0.5, 0.6) is 0 Å². The van der Waals surface area contributed by atoms with Gasteiger partial charge in [-0.2, -0.15) is 0 Å². The molecule has 3 rings (SSSR count). The normalized spacial score (nSPS) is 33.3. The first kappa shape index (κ1) is 19.4. The summed E-state index contributed by atoms with van der Waals surface area (Å²) in [5.41, 5.74) is 2.53. The lowest BCUT2D eigenvalue weighted by molar-refractivity contribution is -0.123. The van der Waals surface area contributed by atoms with E-state index in [1.165, 1.54) is 18.4 Å². The van der Waals surface area contributed by atoms with Gasteiger partial charge in [0.2, 0.25) is 0 Å². The molecule has 1 saturated carbocycles. The molecule has 2 aliphatic carbocycles. The average Bonchev–Trinajstić information content (AvgIpc) is 3.10. The lowest BCUT2D eigenvalue weighted by atomic mass is 9.62. The number of amides is 1. The second-order valence-corrected chi connectivity index (χ2v) is 9.20. The number of allylic oxidation sites excluding steroid dienone is 4. The van der Waals surface area contributed by atoms with E-state index in [1.54, 1.807) is 4.90 Å².